The number of nitrogens with two attached hydrogens (primary N) is 2. The van der Waals surface area contributed by atoms with E-state index in [0.717, 1.165) is 12.3 Å². The minimum absolute atomic E-state index is 0.117. The van der Waals surface area contributed by atoms with Crippen molar-refractivity contribution in [3.8, 4) is 5.88 Å². The molecule has 10 heteroatoms. The van der Waals surface area contributed by atoms with Gasteiger partial charge in [-0.15, -0.1) is 0 Å². The molecule has 1 saturated carbocycles. The van der Waals surface area contributed by atoms with Crippen molar-refractivity contribution in [1.29, 1.82) is 0 Å². The first kappa shape index (κ1) is 17.8. The van der Waals surface area contributed by atoms with Crippen LogP contribution in [0.25, 0.3) is 0 Å². The molecule has 2 unspecified atom stereocenters. The van der Waals surface area contributed by atoms with Gasteiger partial charge in [0.25, 0.3) is 0 Å². The standard InChI is InChI=1S/C13H15F6N3O/c14-12(15,16)6-23-8-5-7(1-4-22-8)9(20)10(21)11(2-3-11)13(17,18)19/h1,4-5,9-10H,2-3,6,20-21H2. The quantitative estimate of drug-likeness (QED) is 0.806. The lowest BCUT2D eigenvalue weighted by Crippen LogP contribution is -2.48. The van der Waals surface area contributed by atoms with Gasteiger partial charge in [0, 0.05) is 24.3 Å². The summed E-state index contributed by atoms with van der Waals surface area (Å²) in [6.07, 6.45) is -8.15. The highest BCUT2D eigenvalue weighted by Crippen LogP contribution is 2.60. The van der Waals surface area contributed by atoms with E-state index in [-0.39, 0.29) is 24.3 Å². The summed E-state index contributed by atoms with van der Waals surface area (Å²) in [7, 11) is 0. The van der Waals surface area contributed by atoms with Gasteiger partial charge in [-0.2, -0.15) is 26.3 Å². The second-order valence-corrected chi connectivity index (χ2v) is 5.54. The molecule has 0 radical (unpaired) electrons. The molecule has 1 aromatic rings. The Labute approximate surface area is 127 Å². The van der Waals surface area contributed by atoms with Crippen LogP contribution in [0.4, 0.5) is 26.3 Å². The van der Waals surface area contributed by atoms with Crippen LogP contribution in [-0.4, -0.2) is 30.0 Å². The van der Waals surface area contributed by atoms with E-state index < -0.39 is 36.5 Å². The summed E-state index contributed by atoms with van der Waals surface area (Å²) >= 11 is 0. The topological polar surface area (TPSA) is 74.2 Å². The van der Waals surface area contributed by atoms with E-state index in [1.165, 1.54) is 6.07 Å². The molecule has 1 aromatic heterocycles. The van der Waals surface area contributed by atoms with Gasteiger partial charge in [-0.25, -0.2) is 4.98 Å². The van der Waals surface area contributed by atoms with Gasteiger partial charge in [-0.3, -0.25) is 0 Å². The Morgan fingerprint density at radius 1 is 1.17 bits per heavy atom. The molecule has 0 amide bonds. The van der Waals surface area contributed by atoms with Crippen LogP contribution in [-0.2, 0) is 0 Å². The number of aromatic nitrogens is 1. The maximum atomic E-state index is 13.1. The monoisotopic (exact) mass is 343 g/mol. The van der Waals surface area contributed by atoms with Crippen LogP contribution >= 0.6 is 0 Å². The fourth-order valence-electron chi connectivity index (χ4n) is 2.36. The molecule has 4 nitrogen and oxygen atoms in total. The van der Waals surface area contributed by atoms with Crippen molar-refractivity contribution in [2.45, 2.75) is 37.3 Å². The summed E-state index contributed by atoms with van der Waals surface area (Å²) in [6, 6.07) is -0.226. The summed E-state index contributed by atoms with van der Waals surface area (Å²) in [5.74, 6) is -0.376. The normalized spacial score (nSPS) is 20.0. The number of halogens is 6. The average Bonchev–Trinajstić information content (AvgIpc) is 3.24. The van der Waals surface area contributed by atoms with Gasteiger partial charge in [0.2, 0.25) is 5.88 Å². The van der Waals surface area contributed by atoms with Crippen LogP contribution in [0.2, 0.25) is 0 Å². The summed E-state index contributed by atoms with van der Waals surface area (Å²) in [6.45, 7) is -1.56. The number of pyridine rings is 1. The van der Waals surface area contributed by atoms with Gasteiger partial charge in [-0.1, -0.05) is 0 Å². The van der Waals surface area contributed by atoms with E-state index in [1.54, 1.807) is 0 Å². The lowest BCUT2D eigenvalue weighted by atomic mass is 9.87. The van der Waals surface area contributed by atoms with Crippen molar-refractivity contribution in [3.63, 3.8) is 0 Å². The van der Waals surface area contributed by atoms with Gasteiger partial charge in [0.1, 0.15) is 0 Å². The van der Waals surface area contributed by atoms with Crippen molar-refractivity contribution in [2.75, 3.05) is 6.61 Å². The molecule has 1 aliphatic rings. The number of rotatable bonds is 5. The summed E-state index contributed by atoms with van der Waals surface area (Å²) in [5.41, 5.74) is 9.56. The molecule has 2 rings (SSSR count). The van der Waals surface area contributed by atoms with Crippen LogP contribution in [0.15, 0.2) is 18.3 Å². The second kappa shape index (κ2) is 5.82. The summed E-state index contributed by atoms with van der Waals surface area (Å²) in [5, 5.41) is 0. The fourth-order valence-corrected chi connectivity index (χ4v) is 2.36. The molecule has 0 aromatic carbocycles. The van der Waals surface area contributed by atoms with Gasteiger partial charge in [-0.05, 0) is 24.5 Å². The molecule has 130 valence electrons. The lowest BCUT2D eigenvalue weighted by molar-refractivity contribution is -0.194. The Morgan fingerprint density at radius 3 is 2.26 bits per heavy atom. The van der Waals surface area contributed by atoms with Crippen molar-refractivity contribution in [1.82, 2.24) is 4.98 Å². The Balaban J connectivity index is 2.12. The molecular formula is C13H15F6N3O. The largest absolute Gasteiger partial charge is 0.468 e. The smallest absolute Gasteiger partial charge is 0.422 e. The van der Waals surface area contributed by atoms with Crippen molar-refractivity contribution in [3.05, 3.63) is 23.9 Å². The first-order valence-corrected chi connectivity index (χ1v) is 6.70. The van der Waals surface area contributed by atoms with Crippen LogP contribution in [0, 0.1) is 5.41 Å². The average molecular weight is 343 g/mol. The first-order valence-electron chi connectivity index (χ1n) is 6.70. The van der Waals surface area contributed by atoms with Gasteiger partial charge >= 0.3 is 12.4 Å². The number of hydrogen-bond donors (Lipinski definition) is 2. The molecule has 1 heterocycles. The Kier molecular flexibility index (Phi) is 4.51. The highest BCUT2D eigenvalue weighted by molar-refractivity contribution is 5.27. The van der Waals surface area contributed by atoms with Crippen LogP contribution in [0.3, 0.4) is 0 Å². The third kappa shape index (κ3) is 3.86. The molecule has 1 fully saturated rings. The van der Waals surface area contributed by atoms with Crippen molar-refractivity contribution < 1.29 is 31.1 Å². The third-order valence-electron chi connectivity index (χ3n) is 3.91. The van der Waals surface area contributed by atoms with Gasteiger partial charge in [0.15, 0.2) is 6.61 Å². The molecule has 23 heavy (non-hydrogen) atoms. The first-order chi connectivity index (χ1) is 10.5. The molecule has 0 aliphatic heterocycles. The summed E-state index contributed by atoms with van der Waals surface area (Å²) < 4.78 is 79.9. The zero-order valence-electron chi connectivity index (χ0n) is 11.8. The lowest BCUT2D eigenvalue weighted by Gasteiger charge is -2.30. The van der Waals surface area contributed by atoms with E-state index in [2.05, 4.69) is 9.72 Å². The molecule has 0 saturated heterocycles. The highest BCUT2D eigenvalue weighted by Gasteiger charge is 2.67. The molecule has 1 aliphatic carbocycles. The number of nitrogens with zero attached hydrogens (tertiary/aromatic N) is 1. The SMILES string of the molecule is NC(c1ccnc(OCC(F)(F)F)c1)C(N)C1(C(F)(F)F)CC1. The van der Waals surface area contributed by atoms with Crippen LogP contribution < -0.4 is 16.2 Å². The molecule has 0 spiro atoms. The summed E-state index contributed by atoms with van der Waals surface area (Å²) in [4.78, 5) is 3.57. The predicted molar refractivity (Wildman–Crippen MR) is 68.4 cm³/mol. The third-order valence-corrected chi connectivity index (χ3v) is 3.91. The Hall–Kier alpha value is -1.55. The maximum absolute atomic E-state index is 13.1. The van der Waals surface area contributed by atoms with Crippen LogP contribution in [0.1, 0.15) is 24.4 Å². The molecule has 2 atom stereocenters. The van der Waals surface area contributed by atoms with Gasteiger partial charge < -0.3 is 16.2 Å². The predicted octanol–water partition coefficient (Wildman–Crippen LogP) is 2.69. The van der Waals surface area contributed by atoms with E-state index in [1.807, 2.05) is 0 Å². The van der Waals surface area contributed by atoms with Crippen molar-refractivity contribution in [2.24, 2.45) is 16.9 Å². The minimum Gasteiger partial charge on any atom is -0.468 e. The van der Waals surface area contributed by atoms with Gasteiger partial charge in [0.05, 0.1) is 5.41 Å². The fraction of sp³-hybridized carbons (Fsp3) is 0.615. The highest BCUT2D eigenvalue weighted by atomic mass is 19.4. The maximum Gasteiger partial charge on any atom is 0.422 e. The molecule has 4 N–H and O–H groups in total. The zero-order valence-corrected chi connectivity index (χ0v) is 11.8. The van der Waals surface area contributed by atoms with Crippen LogP contribution in [0.5, 0.6) is 5.88 Å². The minimum atomic E-state index is -4.55. The van der Waals surface area contributed by atoms with E-state index >= 15 is 0 Å². The Bertz CT molecular complexity index is 555. The van der Waals surface area contributed by atoms with E-state index in [9.17, 15) is 26.3 Å². The number of hydrogen-bond acceptors (Lipinski definition) is 4. The van der Waals surface area contributed by atoms with Crippen molar-refractivity contribution >= 4 is 0 Å². The van der Waals surface area contributed by atoms with E-state index in [4.69, 9.17) is 11.5 Å². The number of alkyl halides is 6. The zero-order chi connectivity index (χ0) is 17.5. The molecule has 0 bridgehead atoms. The Morgan fingerprint density at radius 2 is 1.78 bits per heavy atom. The second-order valence-electron chi connectivity index (χ2n) is 5.54. The van der Waals surface area contributed by atoms with E-state index in [0.29, 0.717) is 0 Å². The molecular weight excluding hydrogens is 328 g/mol. The number of ether oxygens (including phenoxy) is 1.